The van der Waals surface area contributed by atoms with Crippen LogP contribution >= 0.6 is 15.9 Å². The highest BCUT2D eigenvalue weighted by Crippen LogP contribution is 2.34. The molecule has 0 spiro atoms. The van der Waals surface area contributed by atoms with Crippen LogP contribution < -0.4 is 20.7 Å². The van der Waals surface area contributed by atoms with Gasteiger partial charge in [-0.3, -0.25) is 14.6 Å². The van der Waals surface area contributed by atoms with Crippen LogP contribution in [0.4, 0.5) is 10.1 Å². The fraction of sp³-hybridized carbons (Fsp3) is 0.343. The number of nitrogens with one attached hydrogen (secondary N) is 3. The number of allylic oxidation sites excluding steroid dienone is 1. The van der Waals surface area contributed by atoms with Gasteiger partial charge < -0.3 is 30.2 Å². The lowest BCUT2D eigenvalue weighted by molar-refractivity contribution is -0.136. The molecule has 1 aliphatic heterocycles. The molecule has 46 heavy (non-hydrogen) atoms. The van der Waals surface area contributed by atoms with Crippen molar-refractivity contribution in [3.05, 3.63) is 100 Å². The van der Waals surface area contributed by atoms with E-state index in [1.54, 1.807) is 19.4 Å². The minimum atomic E-state index is -0.885. The van der Waals surface area contributed by atoms with Gasteiger partial charge in [0.25, 0.3) is 0 Å². The van der Waals surface area contributed by atoms with Crippen molar-refractivity contribution in [2.75, 3.05) is 38.7 Å². The van der Waals surface area contributed by atoms with Crippen molar-refractivity contribution >= 4 is 39.5 Å². The number of halogens is 2. The van der Waals surface area contributed by atoms with Gasteiger partial charge in [0.2, 0.25) is 0 Å². The number of hydrogen-bond donors (Lipinski definition) is 3. The Kier molecular flexibility index (Phi) is 11.4. The van der Waals surface area contributed by atoms with Gasteiger partial charge in [-0.1, -0.05) is 34.1 Å². The highest BCUT2D eigenvalue weighted by Gasteiger charge is 2.21. The third-order valence-electron chi connectivity index (χ3n) is 8.13. The van der Waals surface area contributed by atoms with E-state index in [0.717, 1.165) is 54.3 Å². The van der Waals surface area contributed by atoms with Crippen LogP contribution in [0, 0.1) is 18.7 Å². The highest BCUT2D eigenvalue weighted by molar-refractivity contribution is 9.08. The Balaban J connectivity index is 1.21. The summed E-state index contributed by atoms with van der Waals surface area (Å²) in [6, 6.07) is 11.7. The highest BCUT2D eigenvalue weighted by atomic mass is 79.9. The second kappa shape index (κ2) is 15.9. The van der Waals surface area contributed by atoms with Crippen molar-refractivity contribution in [1.82, 2.24) is 15.6 Å². The molecule has 1 aromatic heterocycles. The molecule has 2 heterocycles. The number of methoxy groups -OCH3 is 1. The zero-order valence-electron chi connectivity index (χ0n) is 26.0. The average Bonchev–Trinajstić information content (AvgIpc) is 3.25. The van der Waals surface area contributed by atoms with Crippen LogP contribution in [0.15, 0.2) is 66.3 Å². The second-order valence-corrected chi connectivity index (χ2v) is 11.8. The van der Waals surface area contributed by atoms with Crippen molar-refractivity contribution in [2.45, 2.75) is 37.9 Å². The number of nitrogens with zero attached hydrogens (tertiary/aromatic N) is 1. The van der Waals surface area contributed by atoms with E-state index in [2.05, 4.69) is 36.9 Å². The summed E-state index contributed by atoms with van der Waals surface area (Å²) in [7, 11) is 1.60. The maximum atomic E-state index is 15.2. The van der Waals surface area contributed by atoms with Crippen molar-refractivity contribution in [1.29, 1.82) is 0 Å². The summed E-state index contributed by atoms with van der Waals surface area (Å²) in [4.78, 5) is 29.5. The fourth-order valence-corrected chi connectivity index (χ4v) is 6.08. The van der Waals surface area contributed by atoms with Crippen LogP contribution in [0.2, 0.25) is 0 Å². The van der Waals surface area contributed by atoms with Crippen molar-refractivity contribution in [3.8, 4) is 11.5 Å². The van der Waals surface area contributed by atoms with Crippen LogP contribution in [0.5, 0.6) is 11.5 Å². The molecule has 0 unspecified atom stereocenters. The molecule has 242 valence electrons. The SMILES string of the molecule is COC1=CCc2c(Oc3ccc(NC(=O)C(=O)NCCc4c(C)cccc4CBr)cc3F)ccnc2C=C1OCC1CCNCC1. The molecule has 0 atom stereocenters. The first-order valence-corrected chi connectivity index (χ1v) is 16.5. The summed E-state index contributed by atoms with van der Waals surface area (Å²) in [5.74, 6) is -0.331. The average molecular weight is 694 g/mol. The van der Waals surface area contributed by atoms with E-state index in [1.807, 2.05) is 37.3 Å². The van der Waals surface area contributed by atoms with Gasteiger partial charge in [0.05, 0.1) is 19.4 Å². The van der Waals surface area contributed by atoms with Crippen LogP contribution in [0.3, 0.4) is 0 Å². The first-order valence-electron chi connectivity index (χ1n) is 15.3. The number of pyridine rings is 1. The largest absolute Gasteiger partial charge is 0.493 e. The van der Waals surface area contributed by atoms with Gasteiger partial charge in [-0.05, 0) is 86.2 Å². The molecule has 5 rings (SSSR count). The Morgan fingerprint density at radius 3 is 2.67 bits per heavy atom. The van der Waals surface area contributed by atoms with Gasteiger partial charge in [-0.2, -0.15) is 0 Å². The summed E-state index contributed by atoms with van der Waals surface area (Å²) >= 11 is 3.49. The molecule has 1 saturated heterocycles. The lowest BCUT2D eigenvalue weighted by Gasteiger charge is -2.23. The van der Waals surface area contributed by atoms with E-state index in [0.29, 0.717) is 53.7 Å². The number of aromatic nitrogens is 1. The Morgan fingerprint density at radius 1 is 1.09 bits per heavy atom. The molecule has 2 aromatic carbocycles. The third kappa shape index (κ3) is 8.32. The van der Waals surface area contributed by atoms with E-state index in [4.69, 9.17) is 14.2 Å². The minimum absolute atomic E-state index is 0.0387. The predicted octanol–water partition coefficient (Wildman–Crippen LogP) is 5.96. The van der Waals surface area contributed by atoms with Gasteiger partial charge in [0.15, 0.2) is 23.1 Å². The number of piperidine rings is 1. The van der Waals surface area contributed by atoms with E-state index < -0.39 is 17.6 Å². The zero-order valence-corrected chi connectivity index (χ0v) is 27.5. The Hall–Kier alpha value is -4.22. The first kappa shape index (κ1) is 33.2. The second-order valence-electron chi connectivity index (χ2n) is 11.2. The molecule has 2 amide bonds. The maximum absolute atomic E-state index is 15.2. The standard InChI is InChI=1S/C35H38BrFN4O5/c1-22-4-3-5-24(20-36)26(22)12-16-40-34(42)35(43)41-25-6-8-31(28(37)18-25)46-30-13-17-39-29-19-33(32(44-2)9-7-27(29)30)45-21-23-10-14-38-15-11-23/h3-6,8-9,13,17-19,23,38H,7,10-12,14-16,20-21H2,1-2H3,(H,40,42)(H,41,43). The number of fused-ring (bicyclic) bond motifs is 1. The lowest BCUT2D eigenvalue weighted by Crippen LogP contribution is -2.36. The number of carbonyl (C=O) groups excluding carboxylic acids is 2. The van der Waals surface area contributed by atoms with Crippen LogP contribution in [-0.2, 0) is 37.2 Å². The van der Waals surface area contributed by atoms with E-state index >= 15 is 4.39 Å². The number of amides is 2. The van der Waals surface area contributed by atoms with Crippen molar-refractivity contribution < 1.29 is 28.2 Å². The molecule has 9 nitrogen and oxygen atoms in total. The monoisotopic (exact) mass is 692 g/mol. The maximum Gasteiger partial charge on any atom is 0.313 e. The molecule has 1 aliphatic carbocycles. The molecule has 3 aromatic rings. The Bertz CT molecular complexity index is 1640. The van der Waals surface area contributed by atoms with Crippen LogP contribution in [-0.4, -0.2) is 50.1 Å². The number of anilines is 1. The van der Waals surface area contributed by atoms with Gasteiger partial charge in [0, 0.05) is 47.9 Å². The number of aryl methyl sites for hydroxylation is 1. The molecule has 0 bridgehead atoms. The summed E-state index contributed by atoms with van der Waals surface area (Å²) in [6.07, 6.45) is 8.45. The molecule has 0 radical (unpaired) electrons. The topological polar surface area (TPSA) is 111 Å². The van der Waals surface area contributed by atoms with Gasteiger partial charge >= 0.3 is 11.8 Å². The Labute approximate surface area is 276 Å². The number of carbonyl (C=O) groups is 2. The van der Waals surface area contributed by atoms with Gasteiger partial charge in [0.1, 0.15) is 5.75 Å². The lowest BCUT2D eigenvalue weighted by atomic mass is 9.99. The quantitative estimate of drug-likeness (QED) is 0.168. The molecule has 3 N–H and O–H groups in total. The smallest absolute Gasteiger partial charge is 0.313 e. The molecule has 11 heteroatoms. The zero-order chi connectivity index (χ0) is 32.5. The molecule has 0 saturated carbocycles. The summed E-state index contributed by atoms with van der Waals surface area (Å²) in [5.41, 5.74) is 4.89. The van der Waals surface area contributed by atoms with Crippen LogP contribution in [0.25, 0.3) is 6.08 Å². The fourth-order valence-electron chi connectivity index (χ4n) is 5.55. The van der Waals surface area contributed by atoms with Gasteiger partial charge in [-0.25, -0.2) is 4.39 Å². The third-order valence-corrected chi connectivity index (χ3v) is 8.73. The van der Waals surface area contributed by atoms with Gasteiger partial charge in [-0.15, -0.1) is 0 Å². The van der Waals surface area contributed by atoms with Crippen molar-refractivity contribution in [2.24, 2.45) is 5.92 Å². The van der Waals surface area contributed by atoms with Crippen LogP contribution in [0.1, 0.15) is 40.8 Å². The summed E-state index contributed by atoms with van der Waals surface area (Å²) < 4.78 is 33.0. The van der Waals surface area contributed by atoms with Crippen molar-refractivity contribution in [3.63, 3.8) is 0 Å². The number of rotatable bonds is 11. The normalized spacial score (nSPS) is 14.7. The molecule has 1 fully saturated rings. The summed E-state index contributed by atoms with van der Waals surface area (Å²) in [5, 5.41) is 9.16. The molecular formula is C35H38BrFN4O5. The number of ether oxygens (including phenoxy) is 3. The predicted molar refractivity (Wildman–Crippen MR) is 178 cm³/mol. The molecule has 2 aliphatic rings. The number of alkyl halides is 1. The van der Waals surface area contributed by atoms with E-state index in [9.17, 15) is 9.59 Å². The van der Waals surface area contributed by atoms with E-state index in [-0.39, 0.29) is 18.0 Å². The molecular weight excluding hydrogens is 655 g/mol. The minimum Gasteiger partial charge on any atom is -0.493 e. The number of benzene rings is 2. The Morgan fingerprint density at radius 2 is 1.91 bits per heavy atom. The number of hydrogen-bond acceptors (Lipinski definition) is 7. The van der Waals surface area contributed by atoms with E-state index in [1.165, 1.54) is 12.1 Å². The first-order chi connectivity index (χ1) is 22.4. The summed E-state index contributed by atoms with van der Waals surface area (Å²) in [6.45, 7) is 4.85.